The lowest BCUT2D eigenvalue weighted by atomic mass is 10.1. The summed E-state index contributed by atoms with van der Waals surface area (Å²) in [5.41, 5.74) is 3.10. The van der Waals surface area contributed by atoms with Crippen LogP contribution in [0.2, 0.25) is 0 Å². The second-order valence-corrected chi connectivity index (χ2v) is 8.14. The van der Waals surface area contributed by atoms with Crippen molar-refractivity contribution in [1.82, 2.24) is 14.5 Å². The molecule has 6 heteroatoms. The molecule has 0 bridgehead atoms. The van der Waals surface area contributed by atoms with Gasteiger partial charge in [0.1, 0.15) is 5.75 Å². The van der Waals surface area contributed by atoms with E-state index in [1.165, 1.54) is 4.57 Å². The van der Waals surface area contributed by atoms with Crippen LogP contribution in [0, 0.1) is 13.8 Å². The smallest absolute Gasteiger partial charge is 0.331 e. The van der Waals surface area contributed by atoms with Crippen molar-refractivity contribution in [2.24, 2.45) is 0 Å². The van der Waals surface area contributed by atoms with E-state index < -0.39 is 11.2 Å². The van der Waals surface area contributed by atoms with E-state index in [-0.39, 0.29) is 18.3 Å². The Labute approximate surface area is 180 Å². The summed E-state index contributed by atoms with van der Waals surface area (Å²) in [6.45, 7) is 7.95. The molecular formula is C25H25N3O3. The zero-order valence-electron chi connectivity index (χ0n) is 18.1. The third-order valence-corrected chi connectivity index (χ3v) is 5.15. The monoisotopic (exact) mass is 415 g/mol. The Morgan fingerprint density at radius 1 is 1.00 bits per heavy atom. The van der Waals surface area contributed by atoms with Gasteiger partial charge in [0.2, 0.25) is 5.88 Å². The normalized spacial score (nSPS) is 11.3. The number of aryl methyl sites for hydroxylation is 2. The summed E-state index contributed by atoms with van der Waals surface area (Å²) >= 11 is 0. The van der Waals surface area contributed by atoms with Gasteiger partial charge < -0.3 is 4.74 Å². The van der Waals surface area contributed by atoms with E-state index >= 15 is 0 Å². The summed E-state index contributed by atoms with van der Waals surface area (Å²) in [5.74, 6) is 0.703. The maximum atomic E-state index is 12.8. The van der Waals surface area contributed by atoms with Crippen LogP contribution in [0.25, 0.3) is 10.9 Å². The summed E-state index contributed by atoms with van der Waals surface area (Å²) in [7, 11) is 0. The second-order valence-electron chi connectivity index (χ2n) is 8.14. The first-order valence-corrected chi connectivity index (χ1v) is 10.3. The molecule has 2 aromatic heterocycles. The van der Waals surface area contributed by atoms with Crippen LogP contribution in [-0.2, 0) is 6.54 Å². The lowest BCUT2D eigenvalue weighted by molar-refractivity contribution is 0.409. The molecule has 0 spiro atoms. The molecule has 0 aliphatic heterocycles. The number of hydrogen-bond donors (Lipinski definition) is 1. The molecule has 0 amide bonds. The maximum Gasteiger partial charge on any atom is 0.331 e. The van der Waals surface area contributed by atoms with E-state index in [4.69, 9.17) is 4.74 Å². The highest BCUT2D eigenvalue weighted by Crippen LogP contribution is 2.29. The Morgan fingerprint density at radius 3 is 2.42 bits per heavy atom. The first-order chi connectivity index (χ1) is 14.8. The molecule has 31 heavy (non-hydrogen) atoms. The van der Waals surface area contributed by atoms with E-state index in [0.29, 0.717) is 17.0 Å². The van der Waals surface area contributed by atoms with Gasteiger partial charge >= 0.3 is 5.69 Å². The van der Waals surface area contributed by atoms with Crippen molar-refractivity contribution in [2.75, 3.05) is 0 Å². The van der Waals surface area contributed by atoms with Crippen molar-refractivity contribution in [1.29, 1.82) is 0 Å². The highest BCUT2D eigenvalue weighted by molar-refractivity contribution is 5.78. The lowest BCUT2D eigenvalue weighted by Crippen LogP contribution is -2.34. The molecular weight excluding hydrogens is 390 g/mol. The zero-order chi connectivity index (χ0) is 22.1. The predicted octanol–water partition coefficient (Wildman–Crippen LogP) is 4.67. The molecule has 0 fully saturated rings. The molecule has 2 heterocycles. The zero-order valence-corrected chi connectivity index (χ0v) is 18.1. The van der Waals surface area contributed by atoms with Gasteiger partial charge in [-0.25, -0.2) is 4.79 Å². The summed E-state index contributed by atoms with van der Waals surface area (Å²) < 4.78 is 7.65. The summed E-state index contributed by atoms with van der Waals surface area (Å²) in [4.78, 5) is 32.6. The number of aromatic nitrogens is 3. The number of ether oxygens (including phenoxy) is 1. The second kappa shape index (κ2) is 8.22. The molecule has 0 atom stereocenters. The van der Waals surface area contributed by atoms with Gasteiger partial charge in [0.15, 0.2) is 0 Å². The highest BCUT2D eigenvalue weighted by atomic mass is 16.5. The fourth-order valence-electron chi connectivity index (χ4n) is 3.79. The third-order valence-electron chi connectivity index (χ3n) is 5.15. The largest absolute Gasteiger partial charge is 0.440 e. The van der Waals surface area contributed by atoms with Gasteiger partial charge in [-0.1, -0.05) is 44.2 Å². The molecule has 0 saturated carbocycles. The van der Waals surface area contributed by atoms with E-state index in [1.54, 1.807) is 0 Å². The van der Waals surface area contributed by atoms with Crippen LogP contribution in [-0.4, -0.2) is 14.5 Å². The first-order valence-electron chi connectivity index (χ1n) is 10.3. The molecule has 0 unspecified atom stereocenters. The molecule has 1 N–H and O–H groups in total. The standard InChI is InChI=1S/C25H25N3O3/c1-15(2)22-23(29)27-25(30)28(24(22)31-20-12-16(3)11-17(4)13-20)14-19-10-9-18-7-5-6-8-21(18)26-19/h5-13,15H,14H2,1-4H3,(H,27,29,30). The van der Waals surface area contributed by atoms with Gasteiger partial charge in [0.05, 0.1) is 23.3 Å². The van der Waals surface area contributed by atoms with Gasteiger partial charge in [-0.15, -0.1) is 0 Å². The summed E-state index contributed by atoms with van der Waals surface area (Å²) in [6, 6.07) is 17.5. The highest BCUT2D eigenvalue weighted by Gasteiger charge is 2.21. The van der Waals surface area contributed by atoms with Crippen molar-refractivity contribution in [3.8, 4) is 11.6 Å². The van der Waals surface area contributed by atoms with Crippen molar-refractivity contribution >= 4 is 10.9 Å². The number of rotatable bonds is 5. The maximum absolute atomic E-state index is 12.8. The number of aromatic amines is 1. The Kier molecular flexibility index (Phi) is 5.46. The lowest BCUT2D eigenvalue weighted by Gasteiger charge is -2.18. The van der Waals surface area contributed by atoms with Crippen molar-refractivity contribution in [3.63, 3.8) is 0 Å². The SMILES string of the molecule is Cc1cc(C)cc(Oc2c(C(C)C)c(=O)[nH]c(=O)n2Cc2ccc3ccccc3n2)c1. The van der Waals surface area contributed by atoms with E-state index in [9.17, 15) is 9.59 Å². The predicted molar refractivity (Wildman–Crippen MR) is 122 cm³/mol. The van der Waals surface area contributed by atoms with E-state index in [2.05, 4.69) is 9.97 Å². The number of fused-ring (bicyclic) bond motifs is 1. The number of nitrogens with zero attached hydrogens (tertiary/aromatic N) is 2. The van der Waals surface area contributed by atoms with Crippen LogP contribution in [0.3, 0.4) is 0 Å². The number of nitrogens with one attached hydrogen (secondary N) is 1. The molecule has 4 aromatic rings. The molecule has 0 aliphatic carbocycles. The molecule has 2 aromatic carbocycles. The van der Waals surface area contributed by atoms with Crippen molar-refractivity contribution in [3.05, 3.63) is 97.8 Å². The minimum atomic E-state index is -0.524. The fourth-order valence-corrected chi connectivity index (χ4v) is 3.79. The molecule has 6 nitrogen and oxygen atoms in total. The van der Waals surface area contributed by atoms with Gasteiger partial charge in [0, 0.05) is 5.39 Å². The molecule has 4 rings (SSSR count). The summed E-state index contributed by atoms with van der Waals surface area (Å²) in [5, 5.41) is 1.02. The Morgan fingerprint density at radius 2 is 1.71 bits per heavy atom. The minimum absolute atomic E-state index is 0.138. The van der Waals surface area contributed by atoms with Crippen LogP contribution in [0.1, 0.15) is 42.1 Å². The number of H-pyrrole nitrogens is 1. The van der Waals surface area contributed by atoms with Crippen LogP contribution >= 0.6 is 0 Å². The first kappa shape index (κ1) is 20.6. The number of benzene rings is 2. The fraction of sp³-hybridized carbons (Fsp3) is 0.240. The van der Waals surface area contributed by atoms with E-state index in [1.807, 2.05) is 82.3 Å². The average Bonchev–Trinajstić information content (AvgIpc) is 2.69. The van der Waals surface area contributed by atoms with Crippen LogP contribution in [0.4, 0.5) is 0 Å². The third kappa shape index (κ3) is 4.28. The van der Waals surface area contributed by atoms with Crippen molar-refractivity contribution < 1.29 is 4.74 Å². The molecule has 0 saturated heterocycles. The molecule has 0 radical (unpaired) electrons. The van der Waals surface area contributed by atoms with E-state index in [0.717, 1.165) is 22.0 Å². The topological polar surface area (TPSA) is 77.0 Å². The summed E-state index contributed by atoms with van der Waals surface area (Å²) in [6.07, 6.45) is 0. The Hall–Kier alpha value is -3.67. The minimum Gasteiger partial charge on any atom is -0.440 e. The van der Waals surface area contributed by atoms with Crippen LogP contribution in [0.5, 0.6) is 11.6 Å². The van der Waals surface area contributed by atoms with Gasteiger partial charge in [0.25, 0.3) is 5.56 Å². The average molecular weight is 415 g/mol. The van der Waals surface area contributed by atoms with Gasteiger partial charge in [-0.3, -0.25) is 19.3 Å². The van der Waals surface area contributed by atoms with Gasteiger partial charge in [-0.05, 0) is 55.2 Å². The number of para-hydroxylation sites is 1. The van der Waals surface area contributed by atoms with Gasteiger partial charge in [-0.2, -0.15) is 0 Å². The number of pyridine rings is 1. The Bertz CT molecular complexity index is 1360. The quantitative estimate of drug-likeness (QED) is 0.514. The molecule has 0 aliphatic rings. The van der Waals surface area contributed by atoms with Crippen LogP contribution < -0.4 is 16.0 Å². The van der Waals surface area contributed by atoms with Crippen molar-refractivity contribution in [2.45, 2.75) is 40.2 Å². The van der Waals surface area contributed by atoms with Crippen LogP contribution in [0.15, 0.2) is 64.2 Å². The number of hydrogen-bond acceptors (Lipinski definition) is 4. The molecule has 158 valence electrons. The Balaban J connectivity index is 1.86.